The Bertz CT molecular complexity index is 749. The zero-order valence-electron chi connectivity index (χ0n) is 12.0. The molecule has 0 bridgehead atoms. The van der Waals surface area contributed by atoms with Gasteiger partial charge in [-0.2, -0.15) is 0 Å². The Morgan fingerprint density at radius 3 is 2.90 bits per heavy atom. The van der Waals surface area contributed by atoms with E-state index < -0.39 is 0 Å². The number of carbonyl (C=O) groups is 1. The molecule has 6 heteroatoms. The van der Waals surface area contributed by atoms with Crippen LogP contribution < -0.4 is 10.2 Å². The van der Waals surface area contributed by atoms with Gasteiger partial charge in [-0.1, -0.05) is 0 Å². The van der Waals surface area contributed by atoms with E-state index in [1.807, 2.05) is 13.0 Å². The first-order chi connectivity index (χ1) is 10.1. The van der Waals surface area contributed by atoms with Gasteiger partial charge in [-0.05, 0) is 30.7 Å². The molecular formula is C15H15NO3S2. The standard InChI is InChI=1S/C15H15NO3S2/c1-8-7-20-14-11-6-10(18-3)4-5-12(11)21-15(14)13(8)16-19-9(2)17/h4-6,16H,7H2,1-3H3. The van der Waals surface area contributed by atoms with Gasteiger partial charge in [0.05, 0.1) is 17.7 Å². The molecule has 0 saturated heterocycles. The van der Waals surface area contributed by atoms with Crippen molar-refractivity contribution in [1.82, 2.24) is 5.48 Å². The normalized spacial score (nSPS) is 14.0. The SMILES string of the molecule is COc1ccc2sc3c(c2c1)SCC(C)=C3NOC(C)=O. The van der Waals surface area contributed by atoms with Crippen molar-refractivity contribution in [3.8, 4) is 5.75 Å². The molecule has 1 aliphatic rings. The molecule has 0 amide bonds. The van der Waals surface area contributed by atoms with Gasteiger partial charge >= 0.3 is 5.97 Å². The van der Waals surface area contributed by atoms with E-state index in [2.05, 4.69) is 17.6 Å². The van der Waals surface area contributed by atoms with Crippen molar-refractivity contribution in [2.75, 3.05) is 12.9 Å². The maximum absolute atomic E-state index is 11.0. The Balaban J connectivity index is 2.09. The highest BCUT2D eigenvalue weighted by molar-refractivity contribution is 8.00. The molecule has 2 aromatic rings. The van der Waals surface area contributed by atoms with Crippen LogP contribution in [0.1, 0.15) is 18.7 Å². The molecule has 0 unspecified atom stereocenters. The molecule has 4 nitrogen and oxygen atoms in total. The van der Waals surface area contributed by atoms with Crippen molar-refractivity contribution in [3.05, 3.63) is 28.6 Å². The van der Waals surface area contributed by atoms with Crippen molar-refractivity contribution in [1.29, 1.82) is 0 Å². The lowest BCUT2D eigenvalue weighted by Gasteiger charge is -2.18. The van der Waals surface area contributed by atoms with Crippen molar-refractivity contribution in [2.24, 2.45) is 0 Å². The largest absolute Gasteiger partial charge is 0.497 e. The van der Waals surface area contributed by atoms with Crippen molar-refractivity contribution >= 4 is 44.9 Å². The molecule has 0 radical (unpaired) electrons. The van der Waals surface area contributed by atoms with Gasteiger partial charge in [0.1, 0.15) is 5.75 Å². The Morgan fingerprint density at radius 2 is 2.19 bits per heavy atom. The first-order valence-corrected chi connectivity index (χ1v) is 8.27. The molecule has 1 aromatic carbocycles. The molecule has 1 N–H and O–H groups in total. The number of hydrogen-bond donors (Lipinski definition) is 1. The highest BCUT2D eigenvalue weighted by Gasteiger charge is 2.23. The maximum atomic E-state index is 11.0. The van der Waals surface area contributed by atoms with E-state index in [-0.39, 0.29) is 5.97 Å². The zero-order chi connectivity index (χ0) is 15.0. The summed E-state index contributed by atoms with van der Waals surface area (Å²) in [4.78, 5) is 18.3. The number of methoxy groups -OCH3 is 1. The Labute approximate surface area is 131 Å². The smallest absolute Gasteiger partial charge is 0.329 e. The zero-order valence-corrected chi connectivity index (χ0v) is 13.6. The minimum Gasteiger partial charge on any atom is -0.497 e. The van der Waals surface area contributed by atoms with Crippen LogP contribution in [0.2, 0.25) is 0 Å². The number of thioether (sulfide) groups is 1. The van der Waals surface area contributed by atoms with Crippen LogP contribution in [0.25, 0.3) is 15.8 Å². The Morgan fingerprint density at radius 1 is 1.38 bits per heavy atom. The van der Waals surface area contributed by atoms with Crippen LogP contribution in [0.5, 0.6) is 5.75 Å². The molecule has 0 atom stereocenters. The molecule has 21 heavy (non-hydrogen) atoms. The third-order valence-corrected chi connectivity index (χ3v) is 5.84. The number of nitrogens with one attached hydrogen (secondary N) is 1. The van der Waals surface area contributed by atoms with Gasteiger partial charge < -0.3 is 9.57 Å². The number of ether oxygens (including phenoxy) is 1. The summed E-state index contributed by atoms with van der Waals surface area (Å²) in [5.41, 5.74) is 4.89. The summed E-state index contributed by atoms with van der Waals surface area (Å²) in [6.07, 6.45) is 0. The quantitative estimate of drug-likeness (QED) is 0.871. The van der Waals surface area contributed by atoms with Crippen LogP contribution in [0.3, 0.4) is 0 Å². The Hall–Kier alpha value is -1.66. The number of hydrogen-bond acceptors (Lipinski definition) is 6. The van der Waals surface area contributed by atoms with Crippen molar-refractivity contribution < 1.29 is 14.4 Å². The van der Waals surface area contributed by atoms with E-state index in [0.29, 0.717) is 0 Å². The lowest BCUT2D eigenvalue weighted by atomic mass is 10.2. The summed E-state index contributed by atoms with van der Waals surface area (Å²) >= 11 is 3.50. The van der Waals surface area contributed by atoms with Gasteiger partial charge in [0.25, 0.3) is 0 Å². The second-order valence-corrected chi connectivity index (χ2v) is 6.80. The molecule has 1 aromatic heterocycles. The fourth-order valence-electron chi connectivity index (χ4n) is 2.19. The van der Waals surface area contributed by atoms with Crippen LogP contribution in [0, 0.1) is 0 Å². The van der Waals surface area contributed by atoms with E-state index >= 15 is 0 Å². The number of thiophene rings is 1. The Kier molecular flexibility index (Phi) is 3.82. The van der Waals surface area contributed by atoms with Crippen LogP contribution in [0.4, 0.5) is 0 Å². The highest BCUT2D eigenvalue weighted by Crippen LogP contribution is 2.46. The molecule has 0 saturated carbocycles. The monoisotopic (exact) mass is 321 g/mol. The number of hydroxylamine groups is 1. The number of carbonyl (C=O) groups excluding carboxylic acids is 1. The van der Waals surface area contributed by atoms with E-state index in [1.165, 1.54) is 27.5 Å². The van der Waals surface area contributed by atoms with E-state index in [9.17, 15) is 4.79 Å². The molecule has 110 valence electrons. The molecule has 3 rings (SSSR count). The minimum absolute atomic E-state index is 0.349. The molecule has 1 aliphatic heterocycles. The average molecular weight is 321 g/mol. The third-order valence-electron chi connectivity index (χ3n) is 3.23. The lowest BCUT2D eigenvalue weighted by molar-refractivity contribution is -0.145. The molecule has 0 fully saturated rings. The van der Waals surface area contributed by atoms with Gasteiger partial charge in [-0.15, -0.1) is 23.1 Å². The van der Waals surface area contributed by atoms with Crippen LogP contribution >= 0.6 is 23.1 Å². The molecule has 2 heterocycles. The summed E-state index contributed by atoms with van der Waals surface area (Å²) in [7, 11) is 1.67. The van der Waals surface area contributed by atoms with E-state index in [0.717, 1.165) is 22.1 Å². The summed E-state index contributed by atoms with van der Waals surface area (Å²) < 4.78 is 6.51. The van der Waals surface area contributed by atoms with Gasteiger partial charge in [-0.3, -0.25) is 4.79 Å². The number of benzene rings is 1. The van der Waals surface area contributed by atoms with Crippen LogP contribution in [-0.4, -0.2) is 18.8 Å². The second kappa shape index (κ2) is 5.61. The first-order valence-electron chi connectivity index (χ1n) is 6.47. The topological polar surface area (TPSA) is 47.6 Å². The predicted molar refractivity (Wildman–Crippen MR) is 86.6 cm³/mol. The molecule has 0 aliphatic carbocycles. The van der Waals surface area contributed by atoms with E-state index in [4.69, 9.17) is 9.57 Å². The van der Waals surface area contributed by atoms with Gasteiger partial charge in [0.2, 0.25) is 0 Å². The predicted octanol–water partition coefficient (Wildman–Crippen LogP) is 3.81. The second-order valence-electron chi connectivity index (χ2n) is 4.76. The average Bonchev–Trinajstić information content (AvgIpc) is 2.83. The van der Waals surface area contributed by atoms with Crippen molar-refractivity contribution in [3.63, 3.8) is 0 Å². The van der Waals surface area contributed by atoms with Crippen LogP contribution in [0.15, 0.2) is 28.7 Å². The van der Waals surface area contributed by atoms with Gasteiger partial charge in [0, 0.05) is 27.7 Å². The lowest BCUT2D eigenvalue weighted by Crippen LogP contribution is -2.19. The molecular weight excluding hydrogens is 306 g/mol. The summed E-state index contributed by atoms with van der Waals surface area (Å²) in [6.45, 7) is 3.43. The fourth-order valence-corrected chi connectivity index (χ4v) is 4.77. The number of rotatable bonds is 3. The summed E-state index contributed by atoms with van der Waals surface area (Å²) in [5.74, 6) is 1.38. The fraction of sp³-hybridized carbons (Fsp3) is 0.267. The van der Waals surface area contributed by atoms with E-state index in [1.54, 1.807) is 30.2 Å². The van der Waals surface area contributed by atoms with Gasteiger partial charge in [0.15, 0.2) is 0 Å². The highest BCUT2D eigenvalue weighted by atomic mass is 32.2. The third kappa shape index (κ3) is 2.61. The van der Waals surface area contributed by atoms with Crippen molar-refractivity contribution in [2.45, 2.75) is 18.7 Å². The van der Waals surface area contributed by atoms with Gasteiger partial charge in [-0.25, -0.2) is 5.48 Å². The molecule has 0 spiro atoms. The number of fused-ring (bicyclic) bond motifs is 3. The summed E-state index contributed by atoms with van der Waals surface area (Å²) in [6, 6.07) is 6.09. The minimum atomic E-state index is -0.349. The maximum Gasteiger partial charge on any atom is 0.329 e. The summed E-state index contributed by atoms with van der Waals surface area (Å²) in [5, 5.41) is 1.19. The first kappa shape index (κ1) is 14.3. The van der Waals surface area contributed by atoms with Crippen LogP contribution in [-0.2, 0) is 9.63 Å².